The minimum atomic E-state index is -0.471. The number of amides is 1. The fourth-order valence-electron chi connectivity index (χ4n) is 3.85. The van der Waals surface area contributed by atoms with Gasteiger partial charge in [-0.3, -0.25) is 14.9 Å². The van der Waals surface area contributed by atoms with E-state index in [1.54, 1.807) is 6.07 Å². The molecule has 2 aliphatic rings. The Balaban J connectivity index is 1.58. The van der Waals surface area contributed by atoms with E-state index in [-0.39, 0.29) is 23.6 Å². The summed E-state index contributed by atoms with van der Waals surface area (Å²) in [6, 6.07) is 3.13. The number of carbonyl (C=O) groups excluding carboxylic acids is 1. The number of hydrogen-bond acceptors (Lipinski definition) is 6. The van der Waals surface area contributed by atoms with E-state index in [1.807, 2.05) is 11.8 Å². The molecule has 3 atom stereocenters. The Hall–Kier alpha value is -2.22. The van der Waals surface area contributed by atoms with Crippen molar-refractivity contribution in [1.82, 2.24) is 9.88 Å². The average molecular weight is 347 g/mol. The van der Waals surface area contributed by atoms with Crippen LogP contribution < -0.4 is 11.1 Å². The first-order valence-electron chi connectivity index (χ1n) is 8.81. The fraction of sp³-hybridized carbons (Fsp3) is 0.647. The quantitative estimate of drug-likeness (QED) is 0.635. The molecule has 3 N–H and O–H groups in total. The SMILES string of the molecule is CC1(N)CCCCC1C(=O)N1CCC(Nc2ccc([N+](=O)[O-])cn2)C1. The van der Waals surface area contributed by atoms with Crippen molar-refractivity contribution in [3.8, 4) is 0 Å². The van der Waals surface area contributed by atoms with E-state index in [0.717, 1.165) is 32.1 Å². The number of carbonyl (C=O) groups is 1. The van der Waals surface area contributed by atoms with Crippen molar-refractivity contribution in [3.05, 3.63) is 28.4 Å². The second-order valence-corrected chi connectivity index (χ2v) is 7.38. The molecule has 0 bridgehead atoms. The Kier molecular flexibility index (Phi) is 4.89. The maximum absolute atomic E-state index is 12.9. The lowest BCUT2D eigenvalue weighted by Crippen LogP contribution is -2.53. The van der Waals surface area contributed by atoms with Crippen LogP contribution in [0.15, 0.2) is 18.3 Å². The lowest BCUT2D eigenvalue weighted by atomic mass is 9.74. The molecule has 1 aromatic rings. The molecule has 136 valence electrons. The summed E-state index contributed by atoms with van der Waals surface area (Å²) >= 11 is 0. The maximum Gasteiger partial charge on any atom is 0.287 e. The highest BCUT2D eigenvalue weighted by molar-refractivity contribution is 5.80. The Morgan fingerprint density at radius 3 is 2.88 bits per heavy atom. The molecular weight excluding hydrogens is 322 g/mol. The summed E-state index contributed by atoms with van der Waals surface area (Å²) in [6.07, 6.45) is 5.98. The van der Waals surface area contributed by atoms with E-state index in [1.165, 1.54) is 12.3 Å². The second kappa shape index (κ2) is 6.95. The number of aromatic nitrogens is 1. The van der Waals surface area contributed by atoms with Gasteiger partial charge in [-0.15, -0.1) is 0 Å². The monoisotopic (exact) mass is 347 g/mol. The van der Waals surface area contributed by atoms with Crippen LogP contribution in [-0.2, 0) is 4.79 Å². The third-order valence-corrected chi connectivity index (χ3v) is 5.36. The first-order chi connectivity index (χ1) is 11.9. The fourth-order valence-corrected chi connectivity index (χ4v) is 3.85. The number of rotatable bonds is 4. The number of hydrogen-bond donors (Lipinski definition) is 2. The molecule has 25 heavy (non-hydrogen) atoms. The Morgan fingerprint density at radius 2 is 2.24 bits per heavy atom. The van der Waals surface area contributed by atoms with Gasteiger partial charge in [-0.05, 0) is 32.3 Å². The molecule has 1 amide bonds. The molecule has 1 saturated carbocycles. The predicted molar refractivity (Wildman–Crippen MR) is 94.0 cm³/mol. The van der Waals surface area contributed by atoms with E-state index >= 15 is 0 Å². The number of likely N-dealkylation sites (tertiary alicyclic amines) is 1. The summed E-state index contributed by atoms with van der Waals surface area (Å²) in [5.74, 6) is 0.648. The molecule has 1 aliphatic carbocycles. The first-order valence-corrected chi connectivity index (χ1v) is 8.81. The van der Waals surface area contributed by atoms with Crippen LogP contribution in [0.3, 0.4) is 0 Å². The van der Waals surface area contributed by atoms with Gasteiger partial charge in [0.15, 0.2) is 0 Å². The number of nitrogens with two attached hydrogens (primary N) is 1. The van der Waals surface area contributed by atoms with Gasteiger partial charge < -0.3 is 16.0 Å². The van der Waals surface area contributed by atoms with Gasteiger partial charge in [0.05, 0.1) is 10.8 Å². The lowest BCUT2D eigenvalue weighted by molar-refractivity contribution is -0.385. The van der Waals surface area contributed by atoms with Crippen LogP contribution >= 0.6 is 0 Å². The highest BCUT2D eigenvalue weighted by Crippen LogP contribution is 2.33. The summed E-state index contributed by atoms with van der Waals surface area (Å²) in [6.45, 7) is 3.31. The van der Waals surface area contributed by atoms with Crippen molar-refractivity contribution in [2.75, 3.05) is 18.4 Å². The largest absolute Gasteiger partial charge is 0.365 e. The average Bonchev–Trinajstić information content (AvgIpc) is 3.03. The van der Waals surface area contributed by atoms with Crippen molar-refractivity contribution in [1.29, 1.82) is 0 Å². The van der Waals surface area contributed by atoms with Gasteiger partial charge in [-0.1, -0.05) is 12.8 Å². The zero-order valence-corrected chi connectivity index (χ0v) is 14.5. The lowest BCUT2D eigenvalue weighted by Gasteiger charge is -2.39. The van der Waals surface area contributed by atoms with Crippen LogP contribution in [-0.4, -0.2) is 45.4 Å². The smallest absolute Gasteiger partial charge is 0.287 e. The predicted octanol–water partition coefficient (Wildman–Crippen LogP) is 1.91. The Morgan fingerprint density at radius 1 is 1.44 bits per heavy atom. The number of nitrogens with zero attached hydrogens (tertiary/aromatic N) is 3. The van der Waals surface area contributed by atoms with Crippen molar-refractivity contribution < 1.29 is 9.72 Å². The Bertz CT molecular complexity index is 646. The molecule has 2 fully saturated rings. The van der Waals surface area contributed by atoms with Crippen LogP contribution in [0.2, 0.25) is 0 Å². The number of nitro groups is 1. The normalized spacial score (nSPS) is 29.4. The van der Waals surface area contributed by atoms with Crippen molar-refractivity contribution >= 4 is 17.4 Å². The first kappa shape index (κ1) is 17.6. The molecule has 1 saturated heterocycles. The third kappa shape index (κ3) is 3.89. The molecule has 3 rings (SSSR count). The summed E-state index contributed by atoms with van der Waals surface area (Å²) in [5, 5.41) is 13.9. The number of pyridine rings is 1. The summed E-state index contributed by atoms with van der Waals surface area (Å²) in [5.41, 5.74) is 5.91. The standard InChI is InChI=1S/C17H25N5O3/c1-17(18)8-3-2-4-14(17)16(23)21-9-7-12(11-21)20-15-6-5-13(10-19-15)22(24)25/h5-6,10,12,14H,2-4,7-9,11,18H2,1H3,(H,19,20). The minimum absolute atomic E-state index is 0.0340. The van der Waals surface area contributed by atoms with E-state index in [4.69, 9.17) is 5.73 Å². The molecule has 2 heterocycles. The van der Waals surface area contributed by atoms with Crippen LogP contribution in [0.4, 0.5) is 11.5 Å². The molecule has 8 nitrogen and oxygen atoms in total. The van der Waals surface area contributed by atoms with Crippen LogP contribution in [0.1, 0.15) is 39.0 Å². The highest BCUT2D eigenvalue weighted by Gasteiger charge is 2.41. The maximum atomic E-state index is 12.9. The number of anilines is 1. The van der Waals surface area contributed by atoms with Crippen LogP contribution in [0.25, 0.3) is 0 Å². The molecule has 8 heteroatoms. The third-order valence-electron chi connectivity index (χ3n) is 5.36. The van der Waals surface area contributed by atoms with Crippen molar-refractivity contribution in [2.24, 2.45) is 11.7 Å². The molecular formula is C17H25N5O3. The van der Waals surface area contributed by atoms with Gasteiger partial charge in [0.2, 0.25) is 5.91 Å². The molecule has 3 unspecified atom stereocenters. The highest BCUT2D eigenvalue weighted by atomic mass is 16.6. The van der Waals surface area contributed by atoms with Gasteiger partial charge >= 0.3 is 0 Å². The number of nitrogens with one attached hydrogen (secondary N) is 1. The summed E-state index contributed by atoms with van der Waals surface area (Å²) in [4.78, 5) is 29.0. The topological polar surface area (TPSA) is 114 Å². The zero-order valence-electron chi connectivity index (χ0n) is 14.5. The molecule has 1 aromatic heterocycles. The van der Waals surface area contributed by atoms with E-state index in [0.29, 0.717) is 18.9 Å². The van der Waals surface area contributed by atoms with Gasteiger partial charge in [0.1, 0.15) is 12.0 Å². The van der Waals surface area contributed by atoms with Gasteiger partial charge in [0, 0.05) is 30.7 Å². The van der Waals surface area contributed by atoms with Crippen molar-refractivity contribution in [2.45, 2.75) is 50.6 Å². The second-order valence-electron chi connectivity index (χ2n) is 7.38. The minimum Gasteiger partial charge on any atom is -0.365 e. The van der Waals surface area contributed by atoms with Crippen molar-refractivity contribution in [3.63, 3.8) is 0 Å². The molecule has 1 aliphatic heterocycles. The van der Waals surface area contributed by atoms with Gasteiger partial charge in [-0.2, -0.15) is 0 Å². The summed E-state index contributed by atoms with van der Waals surface area (Å²) < 4.78 is 0. The van der Waals surface area contributed by atoms with Gasteiger partial charge in [-0.25, -0.2) is 4.98 Å². The molecule has 0 aromatic carbocycles. The Labute approximate surface area is 146 Å². The van der Waals surface area contributed by atoms with Gasteiger partial charge in [0.25, 0.3) is 5.69 Å². The van der Waals surface area contributed by atoms with E-state index in [9.17, 15) is 14.9 Å². The molecule has 0 radical (unpaired) electrons. The molecule has 0 spiro atoms. The van der Waals surface area contributed by atoms with Crippen LogP contribution in [0.5, 0.6) is 0 Å². The van der Waals surface area contributed by atoms with E-state index < -0.39 is 10.5 Å². The zero-order chi connectivity index (χ0) is 18.0. The van der Waals surface area contributed by atoms with E-state index in [2.05, 4.69) is 10.3 Å². The van der Waals surface area contributed by atoms with Crippen LogP contribution in [0, 0.1) is 16.0 Å². The summed E-state index contributed by atoms with van der Waals surface area (Å²) in [7, 11) is 0.